The number of hydrogen-bond acceptors (Lipinski definition) is 3. The van der Waals surface area contributed by atoms with E-state index in [1.807, 2.05) is 49.4 Å². The average molecular weight is 250 g/mol. The third kappa shape index (κ3) is 2.99. The van der Waals surface area contributed by atoms with Gasteiger partial charge in [-0.25, -0.2) is 0 Å². The van der Waals surface area contributed by atoms with Gasteiger partial charge in [0.1, 0.15) is 11.8 Å². The molecule has 0 aliphatic heterocycles. The standard InChI is InChI=1S/C16H14N2O/c1-12-9-13(6-7-16(12)19-2)10-14(11-17)15-5-3-4-8-18-15/h3-10H,1-2H3. The first-order chi connectivity index (χ1) is 9.24. The Morgan fingerprint density at radius 1 is 1.32 bits per heavy atom. The average Bonchev–Trinajstić information content (AvgIpc) is 2.46. The molecule has 1 aromatic carbocycles. The quantitative estimate of drug-likeness (QED) is 0.784. The molecule has 19 heavy (non-hydrogen) atoms. The molecule has 0 radical (unpaired) electrons. The topological polar surface area (TPSA) is 45.9 Å². The Kier molecular flexibility index (Phi) is 3.94. The maximum Gasteiger partial charge on any atom is 0.121 e. The number of aromatic nitrogens is 1. The fourth-order valence-corrected chi connectivity index (χ4v) is 1.84. The van der Waals surface area contributed by atoms with E-state index in [-0.39, 0.29) is 0 Å². The minimum Gasteiger partial charge on any atom is -0.496 e. The molecule has 0 aliphatic rings. The lowest BCUT2D eigenvalue weighted by atomic mass is 10.1. The maximum atomic E-state index is 9.23. The van der Waals surface area contributed by atoms with Crippen molar-refractivity contribution < 1.29 is 4.74 Å². The SMILES string of the molecule is COc1ccc(C=C(C#N)c2ccccn2)cc1C. The van der Waals surface area contributed by atoms with Crippen LogP contribution >= 0.6 is 0 Å². The molecule has 0 bridgehead atoms. The molecule has 0 unspecified atom stereocenters. The molecule has 0 atom stereocenters. The molecule has 3 nitrogen and oxygen atoms in total. The third-order valence-electron chi connectivity index (χ3n) is 2.79. The summed E-state index contributed by atoms with van der Waals surface area (Å²) < 4.78 is 5.22. The summed E-state index contributed by atoms with van der Waals surface area (Å²) >= 11 is 0. The molecule has 0 N–H and O–H groups in total. The second kappa shape index (κ2) is 5.83. The molecule has 2 aromatic rings. The van der Waals surface area contributed by atoms with Crippen molar-refractivity contribution >= 4 is 11.6 Å². The highest BCUT2D eigenvalue weighted by Gasteiger charge is 2.03. The Balaban J connectivity index is 2.39. The van der Waals surface area contributed by atoms with Gasteiger partial charge in [-0.3, -0.25) is 4.98 Å². The summed E-state index contributed by atoms with van der Waals surface area (Å²) in [6.07, 6.45) is 3.51. The number of rotatable bonds is 3. The molecule has 3 heteroatoms. The highest BCUT2D eigenvalue weighted by Crippen LogP contribution is 2.21. The molecular weight excluding hydrogens is 236 g/mol. The van der Waals surface area contributed by atoms with Crippen LogP contribution in [0.3, 0.4) is 0 Å². The zero-order chi connectivity index (χ0) is 13.7. The third-order valence-corrected chi connectivity index (χ3v) is 2.79. The number of benzene rings is 1. The van der Waals surface area contributed by atoms with Gasteiger partial charge in [0.05, 0.1) is 18.4 Å². The van der Waals surface area contributed by atoms with Crippen LogP contribution in [-0.2, 0) is 0 Å². The Morgan fingerprint density at radius 2 is 2.16 bits per heavy atom. The highest BCUT2D eigenvalue weighted by molar-refractivity contribution is 5.88. The summed E-state index contributed by atoms with van der Waals surface area (Å²) in [5.41, 5.74) is 3.22. The maximum absolute atomic E-state index is 9.23. The van der Waals surface area contributed by atoms with Crippen molar-refractivity contribution in [1.82, 2.24) is 4.98 Å². The lowest BCUT2D eigenvalue weighted by Gasteiger charge is -2.05. The Morgan fingerprint density at radius 3 is 2.74 bits per heavy atom. The molecule has 0 fully saturated rings. The van der Waals surface area contributed by atoms with Crippen LogP contribution in [0.1, 0.15) is 16.8 Å². The zero-order valence-electron chi connectivity index (χ0n) is 10.9. The lowest BCUT2D eigenvalue weighted by molar-refractivity contribution is 0.411. The Labute approximate surface area is 112 Å². The van der Waals surface area contributed by atoms with Crippen LogP contribution in [0.4, 0.5) is 0 Å². The van der Waals surface area contributed by atoms with Crippen LogP contribution in [0.15, 0.2) is 42.6 Å². The first-order valence-electron chi connectivity index (χ1n) is 5.92. The van der Waals surface area contributed by atoms with Crippen LogP contribution in [0.5, 0.6) is 5.75 Å². The van der Waals surface area contributed by atoms with Crippen molar-refractivity contribution in [3.63, 3.8) is 0 Å². The Hall–Kier alpha value is -2.60. The van der Waals surface area contributed by atoms with E-state index in [1.54, 1.807) is 13.3 Å². The van der Waals surface area contributed by atoms with Crippen LogP contribution < -0.4 is 4.74 Å². The smallest absolute Gasteiger partial charge is 0.121 e. The number of methoxy groups -OCH3 is 1. The second-order valence-corrected chi connectivity index (χ2v) is 4.11. The van der Waals surface area contributed by atoms with Crippen LogP contribution in [-0.4, -0.2) is 12.1 Å². The van der Waals surface area contributed by atoms with Crippen molar-refractivity contribution in [2.75, 3.05) is 7.11 Å². The summed E-state index contributed by atoms with van der Waals surface area (Å²) in [4.78, 5) is 4.19. The molecule has 1 aromatic heterocycles. The van der Waals surface area contributed by atoms with Gasteiger partial charge in [-0.15, -0.1) is 0 Å². The minimum absolute atomic E-state index is 0.546. The van der Waals surface area contributed by atoms with Gasteiger partial charge in [0.15, 0.2) is 0 Å². The molecule has 0 saturated heterocycles. The van der Waals surface area contributed by atoms with E-state index in [2.05, 4.69) is 11.1 Å². The van der Waals surface area contributed by atoms with Crippen molar-refractivity contribution in [2.45, 2.75) is 6.92 Å². The van der Waals surface area contributed by atoms with E-state index in [0.29, 0.717) is 11.3 Å². The first-order valence-corrected chi connectivity index (χ1v) is 5.92. The molecule has 0 amide bonds. The Bertz CT molecular complexity index is 640. The number of nitriles is 1. The van der Waals surface area contributed by atoms with Gasteiger partial charge in [-0.05, 0) is 48.4 Å². The predicted molar refractivity (Wildman–Crippen MR) is 75.5 cm³/mol. The van der Waals surface area contributed by atoms with Crippen molar-refractivity contribution in [2.24, 2.45) is 0 Å². The number of nitrogens with zero attached hydrogens (tertiary/aromatic N) is 2. The number of hydrogen-bond donors (Lipinski definition) is 0. The minimum atomic E-state index is 0.546. The van der Waals surface area contributed by atoms with E-state index < -0.39 is 0 Å². The van der Waals surface area contributed by atoms with Crippen molar-refractivity contribution in [3.8, 4) is 11.8 Å². The van der Waals surface area contributed by atoms with E-state index in [4.69, 9.17) is 4.74 Å². The number of allylic oxidation sites excluding steroid dienone is 1. The summed E-state index contributed by atoms with van der Waals surface area (Å²) in [5.74, 6) is 0.841. The predicted octanol–water partition coefficient (Wildman–Crippen LogP) is 3.46. The van der Waals surface area contributed by atoms with Crippen LogP contribution in [0.2, 0.25) is 0 Å². The molecule has 0 spiro atoms. The number of aryl methyl sites for hydroxylation is 1. The van der Waals surface area contributed by atoms with Gasteiger partial charge >= 0.3 is 0 Å². The van der Waals surface area contributed by atoms with Gasteiger partial charge < -0.3 is 4.74 Å². The lowest BCUT2D eigenvalue weighted by Crippen LogP contribution is -1.89. The number of pyridine rings is 1. The van der Waals surface area contributed by atoms with E-state index in [0.717, 1.165) is 16.9 Å². The van der Waals surface area contributed by atoms with Gasteiger partial charge in [0.2, 0.25) is 0 Å². The van der Waals surface area contributed by atoms with E-state index >= 15 is 0 Å². The van der Waals surface area contributed by atoms with Gasteiger partial charge in [-0.1, -0.05) is 12.1 Å². The second-order valence-electron chi connectivity index (χ2n) is 4.11. The van der Waals surface area contributed by atoms with Gasteiger partial charge in [-0.2, -0.15) is 5.26 Å². The van der Waals surface area contributed by atoms with E-state index in [9.17, 15) is 5.26 Å². The number of ether oxygens (including phenoxy) is 1. The fraction of sp³-hybridized carbons (Fsp3) is 0.125. The molecule has 0 saturated carbocycles. The fourth-order valence-electron chi connectivity index (χ4n) is 1.84. The van der Waals surface area contributed by atoms with Crippen molar-refractivity contribution in [3.05, 3.63) is 59.4 Å². The summed E-state index contributed by atoms with van der Waals surface area (Å²) in [6.45, 7) is 1.98. The highest BCUT2D eigenvalue weighted by atomic mass is 16.5. The first kappa shape index (κ1) is 12.8. The monoisotopic (exact) mass is 250 g/mol. The van der Waals surface area contributed by atoms with Gasteiger partial charge in [0, 0.05) is 6.20 Å². The van der Waals surface area contributed by atoms with E-state index in [1.165, 1.54) is 0 Å². The summed E-state index contributed by atoms with van der Waals surface area (Å²) in [7, 11) is 1.65. The normalized spacial score (nSPS) is 10.9. The zero-order valence-corrected chi connectivity index (χ0v) is 10.9. The molecular formula is C16H14N2O. The van der Waals surface area contributed by atoms with Crippen LogP contribution in [0, 0.1) is 18.3 Å². The summed E-state index contributed by atoms with van der Waals surface area (Å²) in [6, 6.07) is 13.5. The molecule has 2 rings (SSSR count). The van der Waals surface area contributed by atoms with Crippen LogP contribution in [0.25, 0.3) is 11.6 Å². The summed E-state index contributed by atoms with van der Waals surface area (Å²) in [5, 5.41) is 9.23. The molecule has 1 heterocycles. The van der Waals surface area contributed by atoms with Crippen molar-refractivity contribution in [1.29, 1.82) is 5.26 Å². The molecule has 94 valence electrons. The molecule has 0 aliphatic carbocycles. The largest absolute Gasteiger partial charge is 0.496 e. The van der Waals surface area contributed by atoms with Gasteiger partial charge in [0.25, 0.3) is 0 Å².